The van der Waals surface area contributed by atoms with Crippen LogP contribution in [0.15, 0.2) is 45.9 Å². The van der Waals surface area contributed by atoms with E-state index in [0.717, 1.165) is 0 Å². The van der Waals surface area contributed by atoms with Crippen molar-refractivity contribution in [3.8, 4) is 0 Å². The van der Waals surface area contributed by atoms with Crippen LogP contribution < -0.4 is 0 Å². The summed E-state index contributed by atoms with van der Waals surface area (Å²) in [6.07, 6.45) is 1.18. The third kappa shape index (κ3) is 2.51. The van der Waals surface area contributed by atoms with Gasteiger partial charge < -0.3 is 4.74 Å². The minimum atomic E-state index is -3.83. The maximum absolute atomic E-state index is 13.3. The Morgan fingerprint density at radius 2 is 1.85 bits per heavy atom. The fourth-order valence-electron chi connectivity index (χ4n) is 4.06. The van der Waals surface area contributed by atoms with E-state index in [-0.39, 0.29) is 15.4 Å². The Bertz CT molecular complexity index is 1140. The third-order valence-electron chi connectivity index (χ3n) is 5.47. The molecule has 1 fully saturated rings. The van der Waals surface area contributed by atoms with Gasteiger partial charge in [0.15, 0.2) is 5.52 Å². The number of hydrogen-bond donors (Lipinski definition) is 0. The highest BCUT2D eigenvalue weighted by Gasteiger charge is 2.45. The zero-order valence-corrected chi connectivity index (χ0v) is 15.8. The van der Waals surface area contributed by atoms with Crippen LogP contribution in [0.5, 0.6) is 0 Å². The molecule has 0 bridgehead atoms. The average molecular weight is 406 g/mol. The maximum Gasteiger partial charge on any atom is 0.246 e. The first-order valence-electron chi connectivity index (χ1n) is 8.65. The number of rotatable bonds is 2. The molecule has 0 saturated carbocycles. The summed E-state index contributed by atoms with van der Waals surface area (Å²) in [5, 5.41) is 7.57. The normalized spacial score (nSPS) is 19.6. The van der Waals surface area contributed by atoms with Crippen molar-refractivity contribution >= 4 is 32.7 Å². The molecule has 3 heterocycles. The molecule has 2 aromatic carbocycles. The predicted octanol–water partition coefficient (Wildman–Crippen LogP) is 3.09. The first kappa shape index (κ1) is 17.1. The van der Waals surface area contributed by atoms with E-state index in [0.29, 0.717) is 38.1 Å². The molecule has 0 aliphatic carbocycles. The number of sulfonamides is 1. The molecule has 1 spiro atoms. The Morgan fingerprint density at radius 1 is 1.07 bits per heavy atom. The summed E-state index contributed by atoms with van der Waals surface area (Å²) in [6, 6.07) is 11.2. The molecule has 7 nitrogen and oxygen atoms in total. The summed E-state index contributed by atoms with van der Waals surface area (Å²) in [4.78, 5) is -0.0494. The minimum absolute atomic E-state index is 0.0494. The van der Waals surface area contributed by atoms with Crippen LogP contribution in [0.3, 0.4) is 0 Å². The molecule has 0 N–H and O–H groups in total. The van der Waals surface area contributed by atoms with E-state index < -0.39 is 15.6 Å². The molecule has 3 aromatic rings. The Hall–Kier alpha value is -2.00. The first-order chi connectivity index (χ1) is 13.0. The van der Waals surface area contributed by atoms with Crippen LogP contribution in [0.25, 0.3) is 11.0 Å². The van der Waals surface area contributed by atoms with Gasteiger partial charge in [-0.3, -0.25) is 0 Å². The van der Waals surface area contributed by atoms with Crippen LogP contribution in [-0.2, 0) is 27.0 Å². The van der Waals surface area contributed by atoms with Crippen LogP contribution in [-0.4, -0.2) is 36.1 Å². The van der Waals surface area contributed by atoms with Gasteiger partial charge in [0.25, 0.3) is 0 Å². The molecule has 0 amide bonds. The molecule has 1 aromatic heterocycles. The van der Waals surface area contributed by atoms with Crippen molar-refractivity contribution in [3.63, 3.8) is 0 Å². The third-order valence-corrected chi connectivity index (χ3v) is 7.87. The summed E-state index contributed by atoms with van der Waals surface area (Å²) in [7, 11) is -3.83. The zero-order chi connectivity index (χ0) is 18.6. The zero-order valence-electron chi connectivity index (χ0n) is 14.3. The van der Waals surface area contributed by atoms with Crippen molar-refractivity contribution in [3.05, 3.63) is 52.5 Å². The molecule has 2 aliphatic heterocycles. The van der Waals surface area contributed by atoms with E-state index in [4.69, 9.17) is 21.0 Å². The number of fused-ring (bicyclic) bond motifs is 3. The highest BCUT2D eigenvalue weighted by Crippen LogP contribution is 2.45. The number of nitrogens with zero attached hydrogens (tertiary/aromatic N) is 3. The highest BCUT2D eigenvalue weighted by molar-refractivity contribution is 7.89. The monoisotopic (exact) mass is 405 g/mol. The second kappa shape index (κ2) is 6.00. The van der Waals surface area contributed by atoms with E-state index in [2.05, 4.69) is 22.4 Å². The summed E-state index contributed by atoms with van der Waals surface area (Å²) >= 11 is 6.21. The van der Waals surface area contributed by atoms with Gasteiger partial charge in [0.1, 0.15) is 10.4 Å². The maximum atomic E-state index is 13.3. The summed E-state index contributed by atoms with van der Waals surface area (Å²) in [5.74, 6) is 0. The quantitative estimate of drug-likeness (QED) is 0.651. The molecule has 140 valence electrons. The summed E-state index contributed by atoms with van der Waals surface area (Å²) in [5.41, 5.74) is 2.45. The lowest BCUT2D eigenvalue weighted by molar-refractivity contribution is -0.0688. The van der Waals surface area contributed by atoms with Crippen molar-refractivity contribution in [2.24, 2.45) is 0 Å². The van der Waals surface area contributed by atoms with Crippen molar-refractivity contribution in [1.29, 1.82) is 0 Å². The minimum Gasteiger partial charge on any atom is -0.365 e. The van der Waals surface area contributed by atoms with Gasteiger partial charge in [0.05, 0.1) is 17.2 Å². The Balaban J connectivity index is 1.47. The Morgan fingerprint density at radius 3 is 2.67 bits per heavy atom. The summed E-state index contributed by atoms with van der Waals surface area (Å²) < 4.78 is 38.8. The Labute approximate surface area is 160 Å². The molecule has 0 unspecified atom stereocenters. The van der Waals surface area contributed by atoms with Crippen molar-refractivity contribution in [2.45, 2.75) is 29.9 Å². The van der Waals surface area contributed by atoms with Crippen LogP contribution in [0, 0.1) is 0 Å². The molecule has 0 radical (unpaired) electrons. The van der Waals surface area contributed by atoms with E-state index in [1.165, 1.54) is 21.5 Å². The number of halogens is 1. The number of benzene rings is 2. The standard InChI is InChI=1S/C18H16ClN3O4S/c19-14-5-6-15-16(21-26-20-15)17(14)27(23,24)22-9-7-18(8-10-22)13-4-2-1-3-12(13)11-25-18/h1-6H,7-11H2. The van der Waals surface area contributed by atoms with Crippen LogP contribution in [0.2, 0.25) is 5.02 Å². The van der Waals surface area contributed by atoms with Crippen LogP contribution >= 0.6 is 11.6 Å². The van der Waals surface area contributed by atoms with Gasteiger partial charge in [0, 0.05) is 13.1 Å². The lowest BCUT2D eigenvalue weighted by Crippen LogP contribution is -2.45. The topological polar surface area (TPSA) is 85.5 Å². The van der Waals surface area contributed by atoms with Gasteiger partial charge in [-0.25, -0.2) is 13.0 Å². The van der Waals surface area contributed by atoms with Crippen LogP contribution in [0.4, 0.5) is 0 Å². The van der Waals surface area contributed by atoms with E-state index >= 15 is 0 Å². The Kier molecular flexibility index (Phi) is 3.80. The average Bonchev–Trinajstić information content (AvgIpc) is 3.28. The van der Waals surface area contributed by atoms with Gasteiger partial charge in [0.2, 0.25) is 10.0 Å². The predicted molar refractivity (Wildman–Crippen MR) is 97.7 cm³/mol. The lowest BCUT2D eigenvalue weighted by Gasteiger charge is -2.38. The molecule has 9 heteroatoms. The fourth-order valence-corrected chi connectivity index (χ4v) is 6.13. The van der Waals surface area contributed by atoms with Gasteiger partial charge in [-0.15, -0.1) is 0 Å². The molecule has 1 saturated heterocycles. The molecule has 5 rings (SSSR count). The molecule has 27 heavy (non-hydrogen) atoms. The largest absolute Gasteiger partial charge is 0.365 e. The SMILES string of the molecule is O=S(=O)(c1c(Cl)ccc2nonc12)N1CCC2(CC1)OCc1ccccc12. The molecular formula is C18H16ClN3O4S. The van der Waals surface area contributed by atoms with Gasteiger partial charge >= 0.3 is 0 Å². The van der Waals surface area contributed by atoms with Gasteiger partial charge in [-0.1, -0.05) is 35.9 Å². The van der Waals surface area contributed by atoms with E-state index in [1.807, 2.05) is 12.1 Å². The number of ether oxygens (including phenoxy) is 1. The van der Waals surface area contributed by atoms with Gasteiger partial charge in [-0.2, -0.15) is 4.31 Å². The number of piperidine rings is 1. The molecule has 0 atom stereocenters. The van der Waals surface area contributed by atoms with Crippen molar-refractivity contribution in [1.82, 2.24) is 14.6 Å². The number of aromatic nitrogens is 2. The highest BCUT2D eigenvalue weighted by atomic mass is 35.5. The van der Waals surface area contributed by atoms with Gasteiger partial charge in [-0.05, 0) is 46.4 Å². The van der Waals surface area contributed by atoms with Crippen molar-refractivity contribution in [2.75, 3.05) is 13.1 Å². The lowest BCUT2D eigenvalue weighted by atomic mass is 9.84. The second-order valence-electron chi connectivity index (χ2n) is 6.85. The smallest absolute Gasteiger partial charge is 0.246 e. The van der Waals surface area contributed by atoms with Crippen LogP contribution in [0.1, 0.15) is 24.0 Å². The summed E-state index contributed by atoms with van der Waals surface area (Å²) in [6.45, 7) is 1.25. The number of hydrogen-bond acceptors (Lipinski definition) is 6. The molecule has 2 aliphatic rings. The molecular weight excluding hydrogens is 390 g/mol. The second-order valence-corrected chi connectivity index (χ2v) is 9.13. The van der Waals surface area contributed by atoms with Crippen molar-refractivity contribution < 1.29 is 17.8 Å². The fraction of sp³-hybridized carbons (Fsp3) is 0.333. The van der Waals surface area contributed by atoms with E-state index in [9.17, 15) is 8.42 Å². The first-order valence-corrected chi connectivity index (χ1v) is 10.5. The van der Waals surface area contributed by atoms with E-state index in [1.54, 1.807) is 6.07 Å².